The molecule has 2 rings (SSSR count). The molecule has 1 heterocycles. The lowest BCUT2D eigenvalue weighted by Crippen LogP contribution is -2.19. The van der Waals surface area contributed by atoms with Gasteiger partial charge in [0.2, 0.25) is 5.91 Å². The Hall–Kier alpha value is -1.84. The highest BCUT2D eigenvalue weighted by atomic mass is 16.4. The summed E-state index contributed by atoms with van der Waals surface area (Å²) in [5, 5.41) is 11.7. The molecule has 1 aromatic carbocycles. The summed E-state index contributed by atoms with van der Waals surface area (Å²) in [5.41, 5.74) is 2.80. The first-order chi connectivity index (χ1) is 8.00. The third-order valence-corrected chi connectivity index (χ3v) is 3.26. The largest absolute Gasteiger partial charge is 0.481 e. The Labute approximate surface area is 99.6 Å². The lowest BCUT2D eigenvalue weighted by Gasteiger charge is -2.13. The van der Waals surface area contributed by atoms with E-state index in [1.807, 2.05) is 25.1 Å². The van der Waals surface area contributed by atoms with Crippen LogP contribution in [-0.4, -0.2) is 17.0 Å². The van der Waals surface area contributed by atoms with Gasteiger partial charge in [0, 0.05) is 5.69 Å². The first kappa shape index (κ1) is 11.6. The second kappa shape index (κ2) is 4.20. The second-order valence-corrected chi connectivity index (χ2v) is 4.55. The standard InChI is InChI=1S/C13H15NO3/c1-7-4-3-5-10-11(7)9(12(15)14-10)6-8(2)13(16)17/h3-5,8-9H,6H2,1-2H3,(H,14,15)(H,16,17). The van der Waals surface area contributed by atoms with E-state index in [0.29, 0.717) is 6.42 Å². The maximum absolute atomic E-state index is 11.8. The molecule has 1 amide bonds. The minimum atomic E-state index is -0.861. The van der Waals surface area contributed by atoms with Gasteiger partial charge in [0.25, 0.3) is 0 Å². The fourth-order valence-corrected chi connectivity index (χ4v) is 2.28. The van der Waals surface area contributed by atoms with Crippen molar-refractivity contribution < 1.29 is 14.7 Å². The predicted molar refractivity (Wildman–Crippen MR) is 64.0 cm³/mol. The number of anilines is 1. The molecule has 2 N–H and O–H groups in total. The van der Waals surface area contributed by atoms with E-state index in [2.05, 4.69) is 5.32 Å². The number of nitrogens with one attached hydrogen (secondary N) is 1. The lowest BCUT2D eigenvalue weighted by atomic mass is 9.88. The van der Waals surface area contributed by atoms with Crippen molar-refractivity contribution in [1.82, 2.24) is 0 Å². The zero-order valence-electron chi connectivity index (χ0n) is 9.86. The normalized spacial score (nSPS) is 19.6. The maximum atomic E-state index is 11.8. The highest BCUT2D eigenvalue weighted by molar-refractivity contribution is 6.03. The van der Waals surface area contributed by atoms with Gasteiger partial charge < -0.3 is 10.4 Å². The first-order valence-corrected chi connectivity index (χ1v) is 5.64. The number of benzene rings is 1. The minimum Gasteiger partial charge on any atom is -0.481 e. The Morgan fingerprint density at radius 1 is 1.53 bits per heavy atom. The van der Waals surface area contributed by atoms with Crippen LogP contribution in [0.2, 0.25) is 0 Å². The summed E-state index contributed by atoms with van der Waals surface area (Å²) in [4.78, 5) is 22.7. The van der Waals surface area contributed by atoms with Gasteiger partial charge in [0.15, 0.2) is 0 Å². The molecule has 2 unspecified atom stereocenters. The van der Waals surface area contributed by atoms with E-state index >= 15 is 0 Å². The Morgan fingerprint density at radius 3 is 2.88 bits per heavy atom. The monoisotopic (exact) mass is 233 g/mol. The van der Waals surface area contributed by atoms with Crippen molar-refractivity contribution in [2.24, 2.45) is 5.92 Å². The number of aryl methyl sites for hydroxylation is 1. The van der Waals surface area contributed by atoms with Crippen LogP contribution in [0, 0.1) is 12.8 Å². The summed E-state index contributed by atoms with van der Waals surface area (Å²) in [6.07, 6.45) is 0.346. The summed E-state index contributed by atoms with van der Waals surface area (Å²) in [5.74, 6) is -1.81. The number of hydrogen-bond acceptors (Lipinski definition) is 2. The smallest absolute Gasteiger partial charge is 0.306 e. The van der Waals surface area contributed by atoms with Crippen molar-refractivity contribution in [2.75, 3.05) is 5.32 Å². The highest BCUT2D eigenvalue weighted by Gasteiger charge is 2.34. The number of carboxylic acid groups (broad SMARTS) is 1. The number of carbonyl (C=O) groups is 2. The Kier molecular flexibility index (Phi) is 2.88. The van der Waals surface area contributed by atoms with Crippen LogP contribution in [-0.2, 0) is 9.59 Å². The molecule has 90 valence electrons. The fourth-order valence-electron chi connectivity index (χ4n) is 2.28. The summed E-state index contributed by atoms with van der Waals surface area (Å²) in [7, 11) is 0. The van der Waals surface area contributed by atoms with Crippen molar-refractivity contribution in [2.45, 2.75) is 26.2 Å². The summed E-state index contributed by atoms with van der Waals surface area (Å²) in [6.45, 7) is 3.57. The molecule has 0 aliphatic carbocycles. The summed E-state index contributed by atoms with van der Waals surface area (Å²) < 4.78 is 0. The topological polar surface area (TPSA) is 66.4 Å². The lowest BCUT2D eigenvalue weighted by molar-refractivity contribution is -0.141. The molecule has 0 saturated carbocycles. The van der Waals surface area contributed by atoms with Gasteiger partial charge in [0.05, 0.1) is 11.8 Å². The van der Waals surface area contributed by atoms with Crippen molar-refractivity contribution in [3.63, 3.8) is 0 Å². The van der Waals surface area contributed by atoms with Crippen LogP contribution in [0.1, 0.15) is 30.4 Å². The van der Waals surface area contributed by atoms with Crippen molar-refractivity contribution in [3.8, 4) is 0 Å². The third-order valence-electron chi connectivity index (χ3n) is 3.26. The Balaban J connectivity index is 2.31. The van der Waals surface area contributed by atoms with E-state index in [4.69, 9.17) is 5.11 Å². The van der Waals surface area contributed by atoms with Crippen molar-refractivity contribution in [3.05, 3.63) is 29.3 Å². The number of fused-ring (bicyclic) bond motifs is 1. The van der Waals surface area contributed by atoms with Crippen LogP contribution in [0.5, 0.6) is 0 Å². The van der Waals surface area contributed by atoms with Crippen LogP contribution in [0.15, 0.2) is 18.2 Å². The molecule has 0 radical (unpaired) electrons. The maximum Gasteiger partial charge on any atom is 0.306 e. The summed E-state index contributed by atoms with van der Waals surface area (Å²) >= 11 is 0. The molecule has 0 saturated heterocycles. The van der Waals surface area contributed by atoms with Gasteiger partial charge in [0.1, 0.15) is 0 Å². The zero-order chi connectivity index (χ0) is 12.6. The van der Waals surface area contributed by atoms with Crippen molar-refractivity contribution in [1.29, 1.82) is 0 Å². The molecule has 2 atom stereocenters. The van der Waals surface area contributed by atoms with E-state index in [1.54, 1.807) is 6.92 Å². The number of aliphatic carboxylic acids is 1. The number of hydrogen-bond donors (Lipinski definition) is 2. The molecule has 1 aromatic rings. The van der Waals surface area contributed by atoms with Gasteiger partial charge in [-0.15, -0.1) is 0 Å². The van der Waals surface area contributed by atoms with E-state index < -0.39 is 11.9 Å². The van der Waals surface area contributed by atoms with Gasteiger partial charge >= 0.3 is 5.97 Å². The van der Waals surface area contributed by atoms with Gasteiger partial charge in [-0.3, -0.25) is 9.59 Å². The first-order valence-electron chi connectivity index (χ1n) is 5.64. The minimum absolute atomic E-state index is 0.0950. The number of rotatable bonds is 3. The van der Waals surface area contributed by atoms with Gasteiger partial charge in [-0.05, 0) is 30.5 Å². The number of carbonyl (C=O) groups excluding carboxylic acids is 1. The molecule has 17 heavy (non-hydrogen) atoms. The van der Waals surface area contributed by atoms with Crippen LogP contribution in [0.4, 0.5) is 5.69 Å². The molecule has 0 fully saturated rings. The van der Waals surface area contributed by atoms with Crippen LogP contribution in [0.25, 0.3) is 0 Å². The highest BCUT2D eigenvalue weighted by Crippen LogP contribution is 2.38. The zero-order valence-corrected chi connectivity index (χ0v) is 9.86. The molecule has 0 aromatic heterocycles. The van der Waals surface area contributed by atoms with Crippen molar-refractivity contribution >= 4 is 17.6 Å². The molecule has 4 nitrogen and oxygen atoms in total. The van der Waals surface area contributed by atoms with E-state index in [1.165, 1.54) is 0 Å². The summed E-state index contributed by atoms with van der Waals surface area (Å²) in [6, 6.07) is 5.68. The molecule has 0 spiro atoms. The average molecular weight is 233 g/mol. The molecule has 0 bridgehead atoms. The number of carboxylic acids is 1. The number of amides is 1. The Bertz CT molecular complexity index is 482. The average Bonchev–Trinajstić information content (AvgIpc) is 2.56. The molecule has 4 heteroatoms. The van der Waals surface area contributed by atoms with E-state index in [0.717, 1.165) is 16.8 Å². The predicted octanol–water partition coefficient (Wildman–Crippen LogP) is 2.14. The Morgan fingerprint density at radius 2 is 2.24 bits per heavy atom. The molecule has 1 aliphatic heterocycles. The quantitative estimate of drug-likeness (QED) is 0.840. The third kappa shape index (κ3) is 2.02. The van der Waals surface area contributed by atoms with Gasteiger partial charge in [-0.2, -0.15) is 0 Å². The van der Waals surface area contributed by atoms with Crippen LogP contribution >= 0.6 is 0 Å². The van der Waals surface area contributed by atoms with Gasteiger partial charge in [-0.1, -0.05) is 19.1 Å². The van der Waals surface area contributed by atoms with Crippen LogP contribution < -0.4 is 5.32 Å². The van der Waals surface area contributed by atoms with Gasteiger partial charge in [-0.25, -0.2) is 0 Å². The van der Waals surface area contributed by atoms with E-state index in [9.17, 15) is 9.59 Å². The fraction of sp³-hybridized carbons (Fsp3) is 0.385. The van der Waals surface area contributed by atoms with E-state index in [-0.39, 0.29) is 11.8 Å². The van der Waals surface area contributed by atoms with Crippen LogP contribution in [0.3, 0.4) is 0 Å². The molecule has 1 aliphatic rings. The molecular weight excluding hydrogens is 218 g/mol. The molecular formula is C13H15NO3. The SMILES string of the molecule is Cc1cccc2c1C(CC(C)C(=O)O)C(=O)N2. The second-order valence-electron chi connectivity index (χ2n) is 4.55.